The molecular weight excluding hydrogens is 437 g/mol. The Morgan fingerprint density at radius 1 is 1.13 bits per heavy atom. The predicted molar refractivity (Wildman–Crippen MR) is 107 cm³/mol. The van der Waals surface area contributed by atoms with E-state index in [2.05, 4.69) is 9.97 Å². The molecule has 3 rings (SSSR count). The van der Waals surface area contributed by atoms with E-state index in [0.717, 1.165) is 16.5 Å². The van der Waals surface area contributed by atoms with Gasteiger partial charge in [0.15, 0.2) is 0 Å². The van der Waals surface area contributed by atoms with E-state index in [9.17, 15) is 14.4 Å². The molecule has 152 valence electrons. The Morgan fingerprint density at radius 2 is 1.84 bits per heavy atom. The summed E-state index contributed by atoms with van der Waals surface area (Å²) in [6, 6.07) is 11.8. The first kappa shape index (κ1) is 28.3. The molecule has 0 aliphatic heterocycles. The van der Waals surface area contributed by atoms with Crippen LogP contribution in [0.4, 0.5) is 5.82 Å². The molecule has 3 aromatic rings. The summed E-state index contributed by atoms with van der Waals surface area (Å²) in [5, 5.41) is 9.59. The van der Waals surface area contributed by atoms with Gasteiger partial charge in [0.05, 0.1) is 11.5 Å². The summed E-state index contributed by atoms with van der Waals surface area (Å²) in [6.45, 7) is 1.43. The molecule has 0 spiro atoms. The van der Waals surface area contributed by atoms with Gasteiger partial charge in [0.1, 0.15) is 17.8 Å². The molecule has 0 unspecified atom stereocenters. The zero-order valence-electron chi connectivity index (χ0n) is 17.8. The van der Waals surface area contributed by atoms with Crippen LogP contribution >= 0.6 is 7.60 Å². The van der Waals surface area contributed by atoms with Crippen LogP contribution < -0.4 is 74.6 Å². The van der Waals surface area contributed by atoms with Crippen LogP contribution in [0.15, 0.2) is 42.9 Å². The van der Waals surface area contributed by atoms with Crippen molar-refractivity contribution in [3.05, 3.63) is 42.9 Å². The van der Waals surface area contributed by atoms with E-state index in [4.69, 9.17) is 11.0 Å². The molecule has 1 aromatic carbocycles. The van der Waals surface area contributed by atoms with E-state index < -0.39 is 13.8 Å². The molecule has 0 radical (unpaired) electrons. The van der Waals surface area contributed by atoms with Gasteiger partial charge >= 0.3 is 59.1 Å². The van der Waals surface area contributed by atoms with E-state index >= 15 is 0 Å². The zero-order chi connectivity index (χ0) is 20.9. The second-order valence-electron chi connectivity index (χ2n) is 6.64. The fourth-order valence-electron chi connectivity index (χ4n) is 3.21. The number of anilines is 1. The number of benzene rings is 1. The summed E-state index contributed by atoms with van der Waals surface area (Å²) in [7, 11) is -4.60. The standard InChI is InChI=1S/C19H23N6O3P.2Na/c20-7-4-8-24(11-12-29(26,27)28)9-10-25-13-16(15-5-2-1-3-6-15)17-18(21)22-14-23-19(17)25;;/h1-3,5-6,13-14H,4,8-12H2,(H2,21,22,23)(H2,26,27,28);;/q;2*+1/p-2. The van der Waals surface area contributed by atoms with Crippen molar-refractivity contribution in [2.75, 3.05) is 31.5 Å². The second kappa shape index (κ2) is 13.1. The Labute approximate surface area is 225 Å². The number of hydrogen-bond acceptors (Lipinski definition) is 8. The van der Waals surface area contributed by atoms with Crippen LogP contribution in [0.1, 0.15) is 6.42 Å². The third-order valence-corrected chi connectivity index (χ3v) is 5.40. The summed E-state index contributed by atoms with van der Waals surface area (Å²) in [5.41, 5.74) is 8.68. The molecular formula is C19H21N6Na2O3P. The van der Waals surface area contributed by atoms with Gasteiger partial charge in [-0.15, -0.1) is 0 Å². The summed E-state index contributed by atoms with van der Waals surface area (Å²) >= 11 is 0. The summed E-state index contributed by atoms with van der Waals surface area (Å²) < 4.78 is 12.9. The van der Waals surface area contributed by atoms with Crippen LogP contribution in [0.25, 0.3) is 22.2 Å². The van der Waals surface area contributed by atoms with Crippen LogP contribution in [-0.2, 0) is 11.1 Å². The first-order valence-electron chi connectivity index (χ1n) is 9.14. The second-order valence-corrected chi connectivity index (χ2v) is 8.31. The Hall–Kier alpha value is -0.760. The molecule has 0 saturated heterocycles. The van der Waals surface area contributed by atoms with Crippen molar-refractivity contribution in [2.24, 2.45) is 0 Å². The van der Waals surface area contributed by atoms with Crippen LogP contribution in [0.5, 0.6) is 0 Å². The number of nitrogens with two attached hydrogens (primary N) is 1. The minimum Gasteiger partial charge on any atom is -0.811 e. The van der Waals surface area contributed by atoms with Gasteiger partial charge in [-0.1, -0.05) is 37.9 Å². The Morgan fingerprint density at radius 3 is 2.48 bits per heavy atom. The van der Waals surface area contributed by atoms with Gasteiger partial charge in [-0.05, 0) is 11.7 Å². The summed E-state index contributed by atoms with van der Waals surface area (Å²) in [5.74, 6) is 0.382. The quantitative estimate of drug-likeness (QED) is 0.247. The summed E-state index contributed by atoms with van der Waals surface area (Å²) in [6.07, 6.45) is 3.13. The topological polar surface area (TPSA) is 147 Å². The van der Waals surface area contributed by atoms with E-state index in [1.54, 1.807) is 4.90 Å². The maximum Gasteiger partial charge on any atom is 1.00 e. The number of fused-ring (bicyclic) bond motifs is 1. The minimum atomic E-state index is -4.60. The molecule has 0 aliphatic carbocycles. The average molecular weight is 458 g/mol. The molecule has 0 aliphatic rings. The number of nitrogen functional groups attached to an aromatic ring is 1. The fraction of sp³-hybridized carbons (Fsp3) is 0.316. The van der Waals surface area contributed by atoms with Crippen molar-refractivity contribution in [1.29, 1.82) is 5.26 Å². The molecule has 2 N–H and O–H groups in total. The van der Waals surface area contributed by atoms with Crippen molar-refractivity contribution >= 4 is 24.4 Å². The maximum absolute atomic E-state index is 11.0. The van der Waals surface area contributed by atoms with Gasteiger partial charge < -0.3 is 29.6 Å². The number of nitriles is 1. The van der Waals surface area contributed by atoms with Gasteiger partial charge in [0, 0.05) is 44.4 Å². The van der Waals surface area contributed by atoms with Crippen molar-refractivity contribution in [2.45, 2.75) is 13.0 Å². The maximum atomic E-state index is 11.0. The predicted octanol–water partition coefficient (Wildman–Crippen LogP) is -5.18. The third kappa shape index (κ3) is 7.95. The van der Waals surface area contributed by atoms with E-state index in [0.29, 0.717) is 31.1 Å². The molecule has 0 bridgehead atoms. The molecule has 2 aromatic heterocycles. The Balaban J connectivity index is 0.00000240. The molecule has 0 atom stereocenters. The van der Waals surface area contributed by atoms with E-state index in [1.165, 1.54) is 6.33 Å². The molecule has 2 heterocycles. The van der Waals surface area contributed by atoms with E-state index in [1.807, 2.05) is 47.2 Å². The van der Waals surface area contributed by atoms with E-state index in [-0.39, 0.29) is 72.1 Å². The first-order chi connectivity index (χ1) is 13.9. The van der Waals surface area contributed by atoms with Crippen molar-refractivity contribution in [3.8, 4) is 17.2 Å². The van der Waals surface area contributed by atoms with Crippen molar-refractivity contribution in [1.82, 2.24) is 19.4 Å². The van der Waals surface area contributed by atoms with Gasteiger partial charge in [-0.2, -0.15) is 5.26 Å². The molecule has 12 heteroatoms. The third-order valence-electron chi connectivity index (χ3n) is 4.65. The van der Waals surface area contributed by atoms with Crippen LogP contribution in [-0.4, -0.2) is 45.2 Å². The van der Waals surface area contributed by atoms with Crippen LogP contribution in [0.3, 0.4) is 0 Å². The van der Waals surface area contributed by atoms with Crippen LogP contribution in [0.2, 0.25) is 0 Å². The minimum absolute atomic E-state index is 0. The van der Waals surface area contributed by atoms with Crippen molar-refractivity contribution in [3.63, 3.8) is 0 Å². The molecule has 0 saturated carbocycles. The number of nitrogens with zero attached hydrogens (tertiary/aromatic N) is 5. The van der Waals surface area contributed by atoms with Gasteiger partial charge in [-0.3, -0.25) is 0 Å². The van der Waals surface area contributed by atoms with Gasteiger partial charge in [0.2, 0.25) is 0 Å². The number of aromatic nitrogens is 3. The monoisotopic (exact) mass is 458 g/mol. The average Bonchev–Trinajstić information content (AvgIpc) is 3.07. The normalized spacial score (nSPS) is 11.0. The molecule has 9 nitrogen and oxygen atoms in total. The molecule has 0 fully saturated rings. The Bertz CT molecular complexity index is 1070. The number of hydrogen-bond donors (Lipinski definition) is 1. The SMILES string of the molecule is N#CCCN(CCn1cc(-c2ccccc2)c2c(N)ncnc21)CCP(=O)([O-])[O-].[Na+].[Na+]. The molecule has 31 heavy (non-hydrogen) atoms. The Kier molecular flexibility index (Phi) is 11.9. The van der Waals surface area contributed by atoms with Crippen molar-refractivity contribution < 1.29 is 73.5 Å². The fourth-order valence-corrected chi connectivity index (χ4v) is 3.74. The summed E-state index contributed by atoms with van der Waals surface area (Å²) in [4.78, 5) is 32.3. The smallest absolute Gasteiger partial charge is 0.811 e. The first-order valence-corrected chi connectivity index (χ1v) is 10.9. The van der Waals surface area contributed by atoms with Gasteiger partial charge in [-0.25, -0.2) is 9.97 Å². The van der Waals surface area contributed by atoms with Crippen LogP contribution in [0, 0.1) is 11.3 Å². The van der Waals surface area contributed by atoms with Gasteiger partial charge in [0.25, 0.3) is 0 Å². The largest absolute Gasteiger partial charge is 1.00 e. The zero-order valence-corrected chi connectivity index (χ0v) is 22.7. The number of rotatable bonds is 9. The molecule has 0 amide bonds.